The number of hydrogen-bond acceptors (Lipinski definition) is 2. The molecule has 3 heteroatoms. The van der Waals surface area contributed by atoms with E-state index in [2.05, 4.69) is 10.6 Å². The summed E-state index contributed by atoms with van der Waals surface area (Å²) in [6.45, 7) is 1.05. The number of piperidine rings is 1. The van der Waals surface area contributed by atoms with E-state index in [9.17, 15) is 4.79 Å². The minimum Gasteiger partial charge on any atom is -0.341 e. The quantitative estimate of drug-likeness (QED) is 0.634. The van der Waals surface area contributed by atoms with Gasteiger partial charge in [0.2, 0.25) is 5.91 Å². The van der Waals surface area contributed by atoms with Crippen LogP contribution in [0.1, 0.15) is 32.1 Å². The smallest absolute Gasteiger partial charge is 0.224 e. The van der Waals surface area contributed by atoms with Gasteiger partial charge < -0.3 is 5.32 Å². The number of carbonyl (C=O) groups is 1. The van der Waals surface area contributed by atoms with Crippen LogP contribution in [0.2, 0.25) is 0 Å². The highest BCUT2D eigenvalue weighted by atomic mass is 16.2. The summed E-state index contributed by atoms with van der Waals surface area (Å²) in [4.78, 5) is 11.3. The van der Waals surface area contributed by atoms with Crippen LogP contribution in [-0.4, -0.2) is 18.6 Å². The third kappa shape index (κ3) is 1.97. The van der Waals surface area contributed by atoms with E-state index < -0.39 is 0 Å². The van der Waals surface area contributed by atoms with Gasteiger partial charge in [0.05, 0.1) is 6.17 Å². The summed E-state index contributed by atoms with van der Waals surface area (Å²) < 4.78 is 0. The minimum atomic E-state index is 0.256. The van der Waals surface area contributed by atoms with Crippen LogP contribution in [0, 0.1) is 5.92 Å². The maximum atomic E-state index is 11.3. The number of carbonyl (C=O) groups excluding carboxylic acids is 1. The van der Waals surface area contributed by atoms with E-state index >= 15 is 0 Å². The first-order valence-corrected chi connectivity index (χ1v) is 4.90. The summed E-state index contributed by atoms with van der Waals surface area (Å²) in [7, 11) is 0. The van der Waals surface area contributed by atoms with Crippen molar-refractivity contribution in [2.24, 2.45) is 5.92 Å². The molecule has 2 aliphatic rings. The highest BCUT2D eigenvalue weighted by Crippen LogP contribution is 2.28. The lowest BCUT2D eigenvalue weighted by atomic mass is 10.1. The summed E-state index contributed by atoms with van der Waals surface area (Å²) in [6, 6.07) is 0. The van der Waals surface area contributed by atoms with Crippen LogP contribution in [0.25, 0.3) is 0 Å². The van der Waals surface area contributed by atoms with Gasteiger partial charge in [-0.2, -0.15) is 0 Å². The molecule has 1 saturated carbocycles. The van der Waals surface area contributed by atoms with Crippen LogP contribution >= 0.6 is 0 Å². The van der Waals surface area contributed by atoms with Crippen molar-refractivity contribution in [1.82, 2.24) is 10.6 Å². The van der Waals surface area contributed by atoms with E-state index in [0.29, 0.717) is 5.92 Å². The fraction of sp³-hybridized carbons (Fsp3) is 0.889. The zero-order chi connectivity index (χ0) is 8.39. The number of nitrogens with one attached hydrogen (secondary N) is 2. The molecule has 1 saturated heterocycles. The molecule has 0 spiro atoms. The fourth-order valence-electron chi connectivity index (χ4n) is 1.61. The van der Waals surface area contributed by atoms with Crippen molar-refractivity contribution in [2.45, 2.75) is 38.3 Å². The Balaban J connectivity index is 1.73. The highest BCUT2D eigenvalue weighted by Gasteiger charge is 2.30. The molecular formula is C9H16N2O. The van der Waals surface area contributed by atoms with E-state index in [1.807, 2.05) is 0 Å². The minimum absolute atomic E-state index is 0.256. The Labute approximate surface area is 72.9 Å². The second kappa shape index (κ2) is 3.44. The lowest BCUT2D eigenvalue weighted by Gasteiger charge is -2.24. The van der Waals surface area contributed by atoms with Gasteiger partial charge in [-0.15, -0.1) is 0 Å². The van der Waals surface area contributed by atoms with Crippen LogP contribution in [0.4, 0.5) is 0 Å². The van der Waals surface area contributed by atoms with Gasteiger partial charge in [0, 0.05) is 5.92 Å². The van der Waals surface area contributed by atoms with Gasteiger partial charge in [-0.25, -0.2) is 0 Å². The molecule has 0 aromatic rings. The van der Waals surface area contributed by atoms with Gasteiger partial charge in [0.1, 0.15) is 0 Å². The summed E-state index contributed by atoms with van der Waals surface area (Å²) in [5.74, 6) is 0.600. The molecule has 1 heterocycles. The van der Waals surface area contributed by atoms with Crippen molar-refractivity contribution >= 4 is 5.91 Å². The fourth-order valence-corrected chi connectivity index (χ4v) is 1.61. The molecule has 12 heavy (non-hydrogen) atoms. The highest BCUT2D eigenvalue weighted by molar-refractivity contribution is 5.81. The van der Waals surface area contributed by atoms with Crippen molar-refractivity contribution in [3.63, 3.8) is 0 Å². The average Bonchev–Trinajstić information content (AvgIpc) is 2.88. The van der Waals surface area contributed by atoms with Gasteiger partial charge in [0.15, 0.2) is 0 Å². The topological polar surface area (TPSA) is 41.1 Å². The summed E-state index contributed by atoms with van der Waals surface area (Å²) in [6.07, 6.45) is 6.03. The third-order valence-electron chi connectivity index (χ3n) is 2.57. The van der Waals surface area contributed by atoms with Gasteiger partial charge in [-0.1, -0.05) is 0 Å². The molecule has 2 N–H and O–H groups in total. The van der Waals surface area contributed by atoms with Gasteiger partial charge >= 0.3 is 0 Å². The second-order valence-electron chi connectivity index (χ2n) is 3.79. The molecule has 2 fully saturated rings. The van der Waals surface area contributed by atoms with Crippen molar-refractivity contribution in [3.8, 4) is 0 Å². The van der Waals surface area contributed by atoms with E-state index in [1.54, 1.807) is 0 Å². The summed E-state index contributed by atoms with van der Waals surface area (Å²) in [5, 5.41) is 6.33. The normalized spacial score (nSPS) is 29.8. The zero-order valence-electron chi connectivity index (χ0n) is 7.31. The molecule has 1 aliphatic heterocycles. The Bertz CT molecular complexity index is 171. The van der Waals surface area contributed by atoms with Crippen molar-refractivity contribution < 1.29 is 4.79 Å². The molecule has 1 aliphatic carbocycles. The molecule has 3 nitrogen and oxygen atoms in total. The van der Waals surface area contributed by atoms with Gasteiger partial charge in [0.25, 0.3) is 0 Å². The lowest BCUT2D eigenvalue weighted by Crippen LogP contribution is -2.48. The number of amides is 1. The molecule has 0 aromatic heterocycles. The first-order valence-electron chi connectivity index (χ1n) is 4.90. The standard InChI is InChI=1S/C9H16N2O/c12-9(7-4-5-7)11-8-3-1-2-6-10-8/h7-8,10H,1-6H2,(H,11,12). The first-order chi connectivity index (χ1) is 5.86. The Kier molecular flexibility index (Phi) is 2.30. The molecule has 2 rings (SSSR count). The van der Waals surface area contributed by atoms with E-state index in [-0.39, 0.29) is 12.1 Å². The Morgan fingerprint density at radius 3 is 2.67 bits per heavy atom. The van der Waals surface area contributed by atoms with Crippen LogP contribution < -0.4 is 10.6 Å². The predicted octanol–water partition coefficient (Wildman–Crippen LogP) is 0.612. The number of rotatable bonds is 2. The van der Waals surface area contributed by atoms with Crippen LogP contribution in [0.5, 0.6) is 0 Å². The molecule has 68 valence electrons. The van der Waals surface area contributed by atoms with Crippen LogP contribution in [0.3, 0.4) is 0 Å². The molecule has 0 aromatic carbocycles. The Hall–Kier alpha value is -0.570. The molecule has 1 amide bonds. The molecule has 1 unspecified atom stereocenters. The molecule has 0 bridgehead atoms. The molecule has 1 atom stereocenters. The SMILES string of the molecule is O=C(NC1CCCCN1)C1CC1. The van der Waals surface area contributed by atoms with Gasteiger partial charge in [-0.05, 0) is 38.6 Å². The zero-order valence-corrected chi connectivity index (χ0v) is 7.31. The Morgan fingerprint density at radius 1 is 1.25 bits per heavy atom. The lowest BCUT2D eigenvalue weighted by molar-refractivity contribution is -0.123. The van der Waals surface area contributed by atoms with E-state index in [0.717, 1.165) is 25.8 Å². The number of hydrogen-bond donors (Lipinski definition) is 2. The second-order valence-corrected chi connectivity index (χ2v) is 3.79. The summed E-state index contributed by atoms with van der Waals surface area (Å²) in [5.41, 5.74) is 0. The van der Waals surface area contributed by atoms with Crippen molar-refractivity contribution in [2.75, 3.05) is 6.54 Å². The predicted molar refractivity (Wildman–Crippen MR) is 46.5 cm³/mol. The van der Waals surface area contributed by atoms with Crippen molar-refractivity contribution in [1.29, 1.82) is 0 Å². The maximum Gasteiger partial charge on any atom is 0.224 e. The molecular weight excluding hydrogens is 152 g/mol. The van der Waals surface area contributed by atoms with E-state index in [1.165, 1.54) is 12.8 Å². The average molecular weight is 168 g/mol. The largest absolute Gasteiger partial charge is 0.341 e. The van der Waals surface area contributed by atoms with E-state index in [4.69, 9.17) is 0 Å². The molecule has 0 radical (unpaired) electrons. The van der Waals surface area contributed by atoms with Gasteiger partial charge in [-0.3, -0.25) is 10.1 Å². The van der Waals surface area contributed by atoms with Crippen LogP contribution in [0.15, 0.2) is 0 Å². The summed E-state index contributed by atoms with van der Waals surface area (Å²) >= 11 is 0. The monoisotopic (exact) mass is 168 g/mol. The first kappa shape index (κ1) is 8.05. The van der Waals surface area contributed by atoms with Crippen molar-refractivity contribution in [3.05, 3.63) is 0 Å². The Morgan fingerprint density at radius 2 is 2.08 bits per heavy atom. The van der Waals surface area contributed by atoms with Crippen LogP contribution in [-0.2, 0) is 4.79 Å². The third-order valence-corrected chi connectivity index (χ3v) is 2.57. The maximum absolute atomic E-state index is 11.3.